The van der Waals surface area contributed by atoms with Gasteiger partial charge in [-0.15, -0.1) is 0 Å². The molecule has 0 spiro atoms. The molecule has 0 radical (unpaired) electrons. The van der Waals surface area contributed by atoms with Crippen molar-refractivity contribution in [2.75, 3.05) is 19.6 Å². The summed E-state index contributed by atoms with van der Waals surface area (Å²) in [6.45, 7) is 2.99. The lowest BCUT2D eigenvalue weighted by molar-refractivity contribution is 0.451. The van der Waals surface area contributed by atoms with E-state index in [1.807, 2.05) is 0 Å². The highest BCUT2D eigenvalue weighted by Gasteiger charge is 2.14. The molecule has 1 saturated heterocycles. The van der Waals surface area contributed by atoms with E-state index >= 15 is 0 Å². The maximum absolute atomic E-state index is 5.38. The Morgan fingerprint density at radius 3 is 2.90 bits per heavy atom. The van der Waals surface area contributed by atoms with Crippen molar-refractivity contribution in [3.63, 3.8) is 0 Å². The quantitative estimate of drug-likeness (QED) is 0.615. The zero-order chi connectivity index (χ0) is 7.40. The first-order valence-electron chi connectivity index (χ1n) is 3.82. The van der Waals surface area contributed by atoms with Gasteiger partial charge in [-0.3, -0.25) is 0 Å². The number of nitrogens with two attached hydrogens (primary N) is 1. The van der Waals surface area contributed by atoms with Crippen LogP contribution in [0.1, 0.15) is 19.3 Å². The Morgan fingerprint density at radius 2 is 2.40 bits per heavy atom. The minimum absolute atomic E-state index is 0.777. The molecule has 0 atom stereocenters. The first-order chi connectivity index (χ1) is 4.84. The Hall–Kier alpha value is -0.150. The van der Waals surface area contributed by atoms with Gasteiger partial charge in [0.2, 0.25) is 0 Å². The van der Waals surface area contributed by atoms with Crippen LogP contribution in [0.15, 0.2) is 0 Å². The van der Waals surface area contributed by atoms with Crippen LogP contribution in [-0.4, -0.2) is 29.5 Å². The van der Waals surface area contributed by atoms with Crippen molar-refractivity contribution >= 4 is 17.2 Å². The Labute approximate surface area is 67.4 Å². The molecule has 58 valence electrons. The molecule has 0 aromatic rings. The summed E-state index contributed by atoms with van der Waals surface area (Å²) < 4.78 is 0. The molecule has 1 aliphatic rings. The van der Waals surface area contributed by atoms with Crippen molar-refractivity contribution in [2.45, 2.75) is 19.3 Å². The van der Waals surface area contributed by atoms with Crippen molar-refractivity contribution in [3.05, 3.63) is 0 Å². The zero-order valence-electron chi connectivity index (χ0n) is 6.18. The predicted molar refractivity (Wildman–Crippen MR) is 47.1 cm³/mol. The van der Waals surface area contributed by atoms with Gasteiger partial charge in [0.15, 0.2) is 0 Å². The summed E-state index contributed by atoms with van der Waals surface area (Å²) in [6.07, 6.45) is 3.42. The summed E-state index contributed by atoms with van der Waals surface area (Å²) in [5.41, 5.74) is 5.38. The number of hydrogen-bond acceptors (Lipinski definition) is 2. The van der Waals surface area contributed by atoms with Gasteiger partial charge in [0.1, 0.15) is 0 Å². The smallest absolute Gasteiger partial charge is 0.0779 e. The lowest BCUT2D eigenvalue weighted by Crippen LogP contribution is -2.25. The normalized spacial score (nSPS) is 18.5. The second-order valence-electron chi connectivity index (χ2n) is 2.63. The molecule has 1 fully saturated rings. The molecule has 1 rings (SSSR count). The van der Waals surface area contributed by atoms with Crippen LogP contribution >= 0.6 is 12.2 Å². The van der Waals surface area contributed by atoms with Gasteiger partial charge in [0, 0.05) is 13.1 Å². The Kier molecular flexibility index (Phi) is 3.09. The van der Waals surface area contributed by atoms with Crippen LogP contribution in [-0.2, 0) is 0 Å². The SMILES string of the molecule is NCCCN1CCCC1=S. The summed E-state index contributed by atoms with van der Waals surface area (Å²) in [7, 11) is 0. The Bertz CT molecular complexity index is 125. The van der Waals surface area contributed by atoms with Crippen LogP contribution in [0.5, 0.6) is 0 Å². The molecule has 2 N–H and O–H groups in total. The van der Waals surface area contributed by atoms with Gasteiger partial charge < -0.3 is 10.6 Å². The Morgan fingerprint density at radius 1 is 1.60 bits per heavy atom. The van der Waals surface area contributed by atoms with E-state index in [4.69, 9.17) is 18.0 Å². The average molecular weight is 158 g/mol. The minimum atomic E-state index is 0.777. The van der Waals surface area contributed by atoms with Crippen LogP contribution in [0.2, 0.25) is 0 Å². The maximum atomic E-state index is 5.38. The number of thiocarbonyl (C=S) groups is 1. The van der Waals surface area contributed by atoms with Gasteiger partial charge in [0.05, 0.1) is 4.99 Å². The van der Waals surface area contributed by atoms with E-state index in [-0.39, 0.29) is 0 Å². The molecule has 10 heavy (non-hydrogen) atoms. The molecular formula is C7H14N2S. The van der Waals surface area contributed by atoms with Crippen LogP contribution in [0.3, 0.4) is 0 Å². The van der Waals surface area contributed by atoms with E-state index in [1.54, 1.807) is 0 Å². The first-order valence-corrected chi connectivity index (χ1v) is 4.23. The summed E-state index contributed by atoms with van der Waals surface area (Å²) in [5.74, 6) is 0. The van der Waals surface area contributed by atoms with Crippen molar-refractivity contribution in [1.29, 1.82) is 0 Å². The molecule has 2 nitrogen and oxygen atoms in total. The van der Waals surface area contributed by atoms with Crippen molar-refractivity contribution in [1.82, 2.24) is 4.90 Å². The monoisotopic (exact) mass is 158 g/mol. The number of rotatable bonds is 3. The van der Waals surface area contributed by atoms with Gasteiger partial charge in [-0.05, 0) is 25.8 Å². The summed E-state index contributed by atoms with van der Waals surface area (Å²) in [6, 6.07) is 0. The number of hydrogen-bond donors (Lipinski definition) is 1. The van der Waals surface area contributed by atoms with Crippen molar-refractivity contribution in [3.8, 4) is 0 Å². The molecular weight excluding hydrogens is 144 g/mol. The summed E-state index contributed by atoms with van der Waals surface area (Å²) in [4.78, 5) is 3.40. The highest BCUT2D eigenvalue weighted by Crippen LogP contribution is 2.10. The molecule has 0 amide bonds. The van der Waals surface area contributed by atoms with Gasteiger partial charge in [-0.2, -0.15) is 0 Å². The topological polar surface area (TPSA) is 29.3 Å². The molecule has 0 aliphatic carbocycles. The minimum Gasteiger partial charge on any atom is -0.366 e. The van der Waals surface area contributed by atoms with Gasteiger partial charge in [-0.25, -0.2) is 0 Å². The predicted octanol–water partition coefficient (Wildman–Crippen LogP) is 0.758. The fourth-order valence-electron chi connectivity index (χ4n) is 1.22. The van der Waals surface area contributed by atoms with E-state index in [1.165, 1.54) is 6.42 Å². The van der Waals surface area contributed by atoms with Gasteiger partial charge in [0.25, 0.3) is 0 Å². The highest BCUT2D eigenvalue weighted by atomic mass is 32.1. The molecule has 0 saturated carbocycles. The van der Waals surface area contributed by atoms with Crippen LogP contribution < -0.4 is 5.73 Å². The van der Waals surface area contributed by atoms with Gasteiger partial charge >= 0.3 is 0 Å². The van der Waals surface area contributed by atoms with E-state index in [0.29, 0.717) is 0 Å². The van der Waals surface area contributed by atoms with E-state index in [9.17, 15) is 0 Å². The third kappa shape index (κ3) is 1.92. The third-order valence-corrected chi connectivity index (χ3v) is 2.27. The largest absolute Gasteiger partial charge is 0.366 e. The standard InChI is InChI=1S/C7H14N2S/c8-4-2-6-9-5-1-3-7(9)10/h1-6,8H2. The fraction of sp³-hybridized carbons (Fsp3) is 0.857. The lowest BCUT2D eigenvalue weighted by atomic mass is 10.4. The van der Waals surface area contributed by atoms with Crippen molar-refractivity contribution < 1.29 is 0 Å². The molecule has 0 bridgehead atoms. The molecule has 1 aliphatic heterocycles. The van der Waals surface area contributed by atoms with Gasteiger partial charge in [-0.1, -0.05) is 12.2 Å². The van der Waals surface area contributed by atoms with E-state index in [2.05, 4.69) is 4.90 Å². The summed E-state index contributed by atoms with van der Waals surface area (Å²) >= 11 is 5.14. The van der Waals surface area contributed by atoms with E-state index in [0.717, 1.165) is 37.5 Å². The first kappa shape index (κ1) is 7.95. The highest BCUT2D eigenvalue weighted by molar-refractivity contribution is 7.80. The van der Waals surface area contributed by atoms with E-state index < -0.39 is 0 Å². The summed E-state index contributed by atoms with van der Waals surface area (Å²) in [5, 5.41) is 0. The number of likely N-dealkylation sites (tertiary alicyclic amines) is 1. The second-order valence-corrected chi connectivity index (χ2v) is 3.10. The molecule has 3 heteroatoms. The second kappa shape index (κ2) is 3.88. The average Bonchev–Trinajstić information content (AvgIpc) is 2.31. The van der Waals surface area contributed by atoms with Crippen LogP contribution in [0.4, 0.5) is 0 Å². The number of nitrogens with zero attached hydrogens (tertiary/aromatic N) is 1. The zero-order valence-corrected chi connectivity index (χ0v) is 6.99. The lowest BCUT2D eigenvalue weighted by Gasteiger charge is -2.16. The van der Waals surface area contributed by atoms with Crippen molar-refractivity contribution in [2.24, 2.45) is 5.73 Å². The fourth-order valence-corrected chi connectivity index (χ4v) is 1.55. The van der Waals surface area contributed by atoms with Crippen LogP contribution in [0.25, 0.3) is 0 Å². The Balaban J connectivity index is 2.20. The molecule has 0 aromatic carbocycles. The third-order valence-electron chi connectivity index (χ3n) is 1.80. The van der Waals surface area contributed by atoms with Crippen LogP contribution in [0, 0.1) is 0 Å². The molecule has 0 unspecified atom stereocenters. The molecule has 0 aromatic heterocycles. The maximum Gasteiger partial charge on any atom is 0.0779 e. The molecule has 1 heterocycles.